The summed E-state index contributed by atoms with van der Waals surface area (Å²) >= 11 is 1.80. The number of fused-ring (bicyclic) bond motifs is 1. The Morgan fingerprint density at radius 3 is 2.85 bits per heavy atom. The fraction of sp³-hybridized carbons (Fsp3) is 0.350. The monoisotopic (exact) mass is 365 g/mol. The number of nitrogens with two attached hydrogens (primary N) is 1. The quantitative estimate of drug-likeness (QED) is 0.547. The van der Waals surface area contributed by atoms with E-state index in [2.05, 4.69) is 33.5 Å². The highest BCUT2D eigenvalue weighted by Crippen LogP contribution is 2.34. The van der Waals surface area contributed by atoms with Crippen molar-refractivity contribution in [2.45, 2.75) is 25.7 Å². The van der Waals surface area contributed by atoms with Gasteiger partial charge >= 0.3 is 0 Å². The third kappa shape index (κ3) is 3.22. The third-order valence-corrected chi connectivity index (χ3v) is 6.14. The van der Waals surface area contributed by atoms with Gasteiger partial charge in [0.15, 0.2) is 0 Å². The standard InChI is InChI=1S/C20H23N5S/c1-12-7-14(8-15(10-22-2)19(12)21)16-9-18-17(11-24-16)25-20(26-18)13-3-5-23-6-4-13/h7-11,13,23H,3-6,21H2,1-2H3. The van der Waals surface area contributed by atoms with Crippen molar-refractivity contribution in [2.24, 2.45) is 4.99 Å². The number of rotatable bonds is 3. The number of piperidine rings is 1. The van der Waals surface area contributed by atoms with Crippen LogP contribution in [-0.2, 0) is 0 Å². The summed E-state index contributed by atoms with van der Waals surface area (Å²) in [5, 5.41) is 4.66. The Morgan fingerprint density at radius 1 is 1.27 bits per heavy atom. The number of aromatic nitrogens is 2. The molecule has 0 saturated carbocycles. The molecule has 0 aliphatic carbocycles. The Morgan fingerprint density at radius 2 is 2.08 bits per heavy atom. The molecule has 0 amide bonds. The maximum atomic E-state index is 6.17. The van der Waals surface area contributed by atoms with E-state index in [1.807, 2.05) is 13.1 Å². The number of hydrogen-bond acceptors (Lipinski definition) is 6. The fourth-order valence-electron chi connectivity index (χ4n) is 3.47. The van der Waals surface area contributed by atoms with E-state index in [0.717, 1.165) is 59.5 Å². The second kappa shape index (κ2) is 7.13. The SMILES string of the molecule is CN=Cc1cc(-c2cc3sc(C4CCNCC4)nc3cn2)cc(C)c1N. The first-order chi connectivity index (χ1) is 12.7. The number of anilines is 1. The number of aliphatic imine (C=N–C) groups is 1. The van der Waals surface area contributed by atoms with Gasteiger partial charge in [-0.15, -0.1) is 11.3 Å². The van der Waals surface area contributed by atoms with E-state index in [1.165, 1.54) is 9.71 Å². The van der Waals surface area contributed by atoms with Crippen LogP contribution in [0.15, 0.2) is 29.4 Å². The molecule has 1 aliphatic heterocycles. The molecule has 0 radical (unpaired) electrons. The van der Waals surface area contributed by atoms with Gasteiger partial charge in [0.2, 0.25) is 0 Å². The van der Waals surface area contributed by atoms with Crippen LogP contribution < -0.4 is 11.1 Å². The molecule has 6 heteroatoms. The van der Waals surface area contributed by atoms with Crippen LogP contribution in [0, 0.1) is 6.92 Å². The van der Waals surface area contributed by atoms with Crippen LogP contribution >= 0.6 is 11.3 Å². The molecule has 0 atom stereocenters. The first-order valence-electron chi connectivity index (χ1n) is 8.95. The Hall–Kier alpha value is -2.31. The topological polar surface area (TPSA) is 76.2 Å². The predicted molar refractivity (Wildman–Crippen MR) is 110 cm³/mol. The number of hydrogen-bond donors (Lipinski definition) is 2. The van der Waals surface area contributed by atoms with Crippen LogP contribution in [0.1, 0.15) is 34.9 Å². The Bertz CT molecular complexity index is 970. The van der Waals surface area contributed by atoms with Gasteiger partial charge < -0.3 is 11.1 Å². The molecule has 26 heavy (non-hydrogen) atoms. The number of nitrogen functional groups attached to an aromatic ring is 1. The van der Waals surface area contributed by atoms with E-state index in [1.54, 1.807) is 24.6 Å². The minimum atomic E-state index is 0.572. The van der Waals surface area contributed by atoms with Crippen molar-refractivity contribution in [3.8, 4) is 11.3 Å². The van der Waals surface area contributed by atoms with Gasteiger partial charge in [-0.3, -0.25) is 9.98 Å². The lowest BCUT2D eigenvalue weighted by Gasteiger charge is -2.20. The van der Waals surface area contributed by atoms with Crippen LogP contribution in [0.4, 0.5) is 5.69 Å². The normalized spacial score (nSPS) is 15.9. The molecule has 5 nitrogen and oxygen atoms in total. The maximum absolute atomic E-state index is 6.17. The molecule has 3 aromatic rings. The Kier molecular flexibility index (Phi) is 4.70. The van der Waals surface area contributed by atoms with E-state index < -0.39 is 0 Å². The average molecular weight is 366 g/mol. The lowest BCUT2D eigenvalue weighted by atomic mass is 9.99. The summed E-state index contributed by atoms with van der Waals surface area (Å²) in [6, 6.07) is 6.29. The number of thiazole rings is 1. The first-order valence-corrected chi connectivity index (χ1v) is 9.77. The highest BCUT2D eigenvalue weighted by atomic mass is 32.1. The lowest BCUT2D eigenvalue weighted by Crippen LogP contribution is -2.26. The van der Waals surface area contributed by atoms with Crippen molar-refractivity contribution < 1.29 is 0 Å². The van der Waals surface area contributed by atoms with Gasteiger partial charge in [0.1, 0.15) is 0 Å². The number of aryl methyl sites for hydroxylation is 1. The molecule has 0 bridgehead atoms. The second-order valence-corrected chi connectivity index (χ2v) is 7.86. The summed E-state index contributed by atoms with van der Waals surface area (Å²) in [5.41, 5.74) is 11.9. The molecular weight excluding hydrogens is 342 g/mol. The van der Waals surface area contributed by atoms with Gasteiger partial charge in [-0.05, 0) is 56.6 Å². The number of nitrogens with one attached hydrogen (secondary N) is 1. The van der Waals surface area contributed by atoms with Crippen LogP contribution in [-0.4, -0.2) is 36.3 Å². The lowest BCUT2D eigenvalue weighted by molar-refractivity contribution is 0.459. The van der Waals surface area contributed by atoms with Crippen molar-refractivity contribution in [3.05, 3.63) is 40.5 Å². The number of pyridine rings is 1. The zero-order valence-electron chi connectivity index (χ0n) is 15.1. The largest absolute Gasteiger partial charge is 0.398 e. The summed E-state index contributed by atoms with van der Waals surface area (Å²) in [6.45, 7) is 4.18. The highest BCUT2D eigenvalue weighted by Gasteiger charge is 2.19. The molecule has 3 N–H and O–H groups in total. The summed E-state index contributed by atoms with van der Waals surface area (Å²) in [4.78, 5) is 13.6. The van der Waals surface area contributed by atoms with Gasteiger partial charge in [0.05, 0.1) is 27.1 Å². The van der Waals surface area contributed by atoms with Gasteiger partial charge in [0, 0.05) is 36.0 Å². The van der Waals surface area contributed by atoms with Gasteiger partial charge in [-0.25, -0.2) is 4.98 Å². The molecule has 4 rings (SSSR count). The van der Waals surface area contributed by atoms with E-state index in [0.29, 0.717) is 5.92 Å². The second-order valence-electron chi connectivity index (χ2n) is 6.80. The summed E-state index contributed by atoms with van der Waals surface area (Å²) in [5.74, 6) is 0.572. The fourth-order valence-corrected chi connectivity index (χ4v) is 4.62. The zero-order valence-corrected chi connectivity index (χ0v) is 15.9. The molecule has 1 aromatic carbocycles. The smallest absolute Gasteiger partial charge is 0.0999 e. The van der Waals surface area contributed by atoms with Crippen molar-refractivity contribution in [3.63, 3.8) is 0 Å². The molecule has 0 unspecified atom stereocenters. The van der Waals surface area contributed by atoms with Crippen molar-refractivity contribution >= 4 is 33.5 Å². The number of nitrogens with zero attached hydrogens (tertiary/aromatic N) is 3. The van der Waals surface area contributed by atoms with Crippen molar-refractivity contribution in [1.82, 2.24) is 15.3 Å². The highest BCUT2D eigenvalue weighted by molar-refractivity contribution is 7.18. The Balaban J connectivity index is 1.73. The van der Waals surface area contributed by atoms with Crippen molar-refractivity contribution in [2.75, 3.05) is 25.9 Å². The molecule has 1 saturated heterocycles. The van der Waals surface area contributed by atoms with E-state index >= 15 is 0 Å². The number of benzene rings is 1. The van der Waals surface area contributed by atoms with Crippen LogP contribution in [0.2, 0.25) is 0 Å². The third-order valence-electron chi connectivity index (χ3n) is 4.96. The minimum Gasteiger partial charge on any atom is -0.398 e. The molecule has 1 aliphatic rings. The van der Waals surface area contributed by atoms with Gasteiger partial charge in [0.25, 0.3) is 0 Å². The molecular formula is C20H23N5S. The maximum Gasteiger partial charge on any atom is 0.0999 e. The summed E-state index contributed by atoms with van der Waals surface area (Å²) in [7, 11) is 1.76. The predicted octanol–water partition coefficient (Wildman–Crippen LogP) is 3.76. The summed E-state index contributed by atoms with van der Waals surface area (Å²) < 4.78 is 1.20. The van der Waals surface area contributed by atoms with Gasteiger partial charge in [-0.2, -0.15) is 0 Å². The molecule has 1 fully saturated rings. The van der Waals surface area contributed by atoms with Crippen LogP contribution in [0.5, 0.6) is 0 Å². The zero-order chi connectivity index (χ0) is 18.1. The van der Waals surface area contributed by atoms with E-state index in [-0.39, 0.29) is 0 Å². The molecule has 134 valence electrons. The average Bonchev–Trinajstić information content (AvgIpc) is 3.09. The van der Waals surface area contributed by atoms with Crippen LogP contribution in [0.25, 0.3) is 21.5 Å². The Labute approximate surface area is 157 Å². The molecule has 2 aromatic heterocycles. The van der Waals surface area contributed by atoms with Crippen LogP contribution in [0.3, 0.4) is 0 Å². The molecule has 3 heterocycles. The van der Waals surface area contributed by atoms with E-state index in [4.69, 9.17) is 10.7 Å². The minimum absolute atomic E-state index is 0.572. The van der Waals surface area contributed by atoms with E-state index in [9.17, 15) is 0 Å². The van der Waals surface area contributed by atoms with Gasteiger partial charge in [-0.1, -0.05) is 0 Å². The molecule has 0 spiro atoms. The summed E-state index contributed by atoms with van der Waals surface area (Å²) in [6.07, 6.45) is 6.02. The first kappa shape index (κ1) is 17.1. The van der Waals surface area contributed by atoms with Crippen molar-refractivity contribution in [1.29, 1.82) is 0 Å².